The number of hydrogen-bond donors (Lipinski definition) is 1. The van der Waals surface area contributed by atoms with E-state index >= 15 is 0 Å². The molecule has 5 nitrogen and oxygen atoms in total. The number of sulfonamides is 1. The van der Waals surface area contributed by atoms with Gasteiger partial charge in [-0.3, -0.25) is 4.72 Å². The summed E-state index contributed by atoms with van der Waals surface area (Å²) < 4.78 is 31.5. The number of anilines is 1. The Bertz CT molecular complexity index is 666. The first-order valence-corrected chi connectivity index (χ1v) is 11.6. The summed E-state index contributed by atoms with van der Waals surface area (Å²) in [7, 11) is -3.33. The molecule has 27 heavy (non-hydrogen) atoms. The van der Waals surface area contributed by atoms with Crippen LogP contribution in [0.2, 0.25) is 0 Å². The fraction of sp³-hybridized carbons (Fsp3) is 0.571. The van der Waals surface area contributed by atoms with Crippen LogP contribution in [0, 0.1) is 0 Å². The van der Waals surface area contributed by atoms with Crippen LogP contribution in [0.5, 0.6) is 5.75 Å². The van der Waals surface area contributed by atoms with Crippen LogP contribution in [0.4, 0.5) is 5.69 Å². The fourth-order valence-corrected chi connectivity index (χ4v) is 3.79. The molecule has 0 saturated heterocycles. The summed E-state index contributed by atoms with van der Waals surface area (Å²) in [5.41, 5.74) is 0.463. The van der Waals surface area contributed by atoms with Crippen LogP contribution in [0.1, 0.15) is 71.6 Å². The molecule has 0 bridgehead atoms. The van der Waals surface area contributed by atoms with Crippen molar-refractivity contribution in [1.29, 1.82) is 0 Å². The first-order chi connectivity index (χ1) is 13.0. The van der Waals surface area contributed by atoms with E-state index in [9.17, 15) is 13.2 Å². The lowest BCUT2D eigenvalue weighted by molar-refractivity contribution is -0.129. The highest BCUT2D eigenvalue weighted by molar-refractivity contribution is 7.92. The van der Waals surface area contributed by atoms with E-state index in [0.717, 1.165) is 19.3 Å². The normalized spacial score (nSPS) is 11.6. The highest BCUT2D eigenvalue weighted by atomic mass is 32.2. The maximum Gasteiger partial charge on any atom is 0.335 e. The predicted molar refractivity (Wildman–Crippen MR) is 112 cm³/mol. The lowest BCUT2D eigenvalue weighted by Crippen LogP contribution is -2.16. The number of rotatable bonds is 14. The van der Waals surface area contributed by atoms with E-state index in [-0.39, 0.29) is 5.75 Å². The molecule has 0 heterocycles. The Hall–Kier alpha value is -1.82. The number of allylic oxidation sites excluding steroid dienone is 1. The van der Waals surface area contributed by atoms with Gasteiger partial charge in [0.2, 0.25) is 10.0 Å². The molecule has 0 aliphatic heterocycles. The SMILES string of the molecule is CCCCCCCCC=CC(=O)Oc1ccc(NS(=O)(=O)CCCC)cc1. The molecule has 1 aromatic rings. The fourth-order valence-electron chi connectivity index (χ4n) is 2.53. The van der Waals surface area contributed by atoms with Crippen molar-refractivity contribution in [3.63, 3.8) is 0 Å². The molecule has 1 rings (SSSR count). The summed E-state index contributed by atoms with van der Waals surface area (Å²) in [5.74, 6) is 0.0712. The molecule has 0 fully saturated rings. The molecule has 0 unspecified atom stereocenters. The second-order valence-corrected chi connectivity index (χ2v) is 8.52. The Morgan fingerprint density at radius 2 is 1.59 bits per heavy atom. The number of hydrogen-bond acceptors (Lipinski definition) is 4. The molecule has 0 aromatic heterocycles. The van der Waals surface area contributed by atoms with Crippen LogP contribution in [-0.2, 0) is 14.8 Å². The van der Waals surface area contributed by atoms with Gasteiger partial charge in [0.15, 0.2) is 0 Å². The van der Waals surface area contributed by atoms with E-state index in [0.29, 0.717) is 17.9 Å². The predicted octanol–water partition coefficient (Wildman–Crippen LogP) is 5.44. The third kappa shape index (κ3) is 11.5. The molecule has 0 amide bonds. The lowest BCUT2D eigenvalue weighted by atomic mass is 10.1. The van der Waals surface area contributed by atoms with Crippen molar-refractivity contribution in [3.8, 4) is 5.75 Å². The van der Waals surface area contributed by atoms with Crippen molar-refractivity contribution < 1.29 is 17.9 Å². The maximum absolute atomic E-state index is 11.9. The van der Waals surface area contributed by atoms with Crippen molar-refractivity contribution in [2.75, 3.05) is 10.5 Å². The molecule has 0 spiro atoms. The van der Waals surface area contributed by atoms with Crippen molar-refractivity contribution in [2.24, 2.45) is 0 Å². The van der Waals surface area contributed by atoms with Gasteiger partial charge in [0, 0.05) is 11.8 Å². The van der Waals surface area contributed by atoms with Crippen LogP contribution >= 0.6 is 0 Å². The van der Waals surface area contributed by atoms with E-state index in [1.54, 1.807) is 24.3 Å². The van der Waals surface area contributed by atoms with Crippen LogP contribution in [0.3, 0.4) is 0 Å². The zero-order valence-corrected chi connectivity index (χ0v) is 17.4. The Labute approximate surface area is 164 Å². The van der Waals surface area contributed by atoms with Gasteiger partial charge in [-0.05, 0) is 43.5 Å². The summed E-state index contributed by atoms with van der Waals surface area (Å²) in [5, 5.41) is 0. The highest BCUT2D eigenvalue weighted by Gasteiger charge is 2.09. The van der Waals surface area contributed by atoms with E-state index in [4.69, 9.17) is 4.74 Å². The summed E-state index contributed by atoms with van der Waals surface area (Å²) in [6, 6.07) is 6.34. The number of benzene rings is 1. The van der Waals surface area contributed by atoms with Gasteiger partial charge in [0.1, 0.15) is 5.75 Å². The minimum absolute atomic E-state index is 0.101. The van der Waals surface area contributed by atoms with Crippen molar-refractivity contribution in [3.05, 3.63) is 36.4 Å². The molecule has 6 heteroatoms. The highest BCUT2D eigenvalue weighted by Crippen LogP contribution is 2.17. The van der Waals surface area contributed by atoms with E-state index in [1.165, 1.54) is 38.2 Å². The topological polar surface area (TPSA) is 72.5 Å². The Balaban J connectivity index is 2.33. The van der Waals surface area contributed by atoms with Gasteiger partial charge in [0.05, 0.1) is 5.75 Å². The van der Waals surface area contributed by atoms with Gasteiger partial charge in [-0.2, -0.15) is 0 Å². The third-order valence-corrected chi connectivity index (χ3v) is 5.46. The van der Waals surface area contributed by atoms with Crippen molar-refractivity contribution in [2.45, 2.75) is 71.6 Å². The zero-order valence-electron chi connectivity index (χ0n) is 16.6. The average molecular weight is 396 g/mol. The van der Waals surface area contributed by atoms with E-state index in [1.807, 2.05) is 13.0 Å². The van der Waals surface area contributed by atoms with Gasteiger partial charge in [-0.15, -0.1) is 0 Å². The van der Waals surface area contributed by atoms with Gasteiger partial charge in [-0.25, -0.2) is 13.2 Å². The molecule has 1 N–H and O–H groups in total. The Morgan fingerprint density at radius 3 is 2.26 bits per heavy atom. The molecular weight excluding hydrogens is 362 g/mol. The summed E-state index contributed by atoms with van der Waals surface area (Å²) >= 11 is 0. The van der Waals surface area contributed by atoms with Crippen molar-refractivity contribution in [1.82, 2.24) is 0 Å². The number of carbonyl (C=O) groups is 1. The quantitative estimate of drug-likeness (QED) is 0.197. The minimum atomic E-state index is -3.33. The first kappa shape index (κ1) is 23.2. The number of nitrogens with one attached hydrogen (secondary N) is 1. The monoisotopic (exact) mass is 395 g/mol. The number of ether oxygens (including phenoxy) is 1. The van der Waals surface area contributed by atoms with Gasteiger partial charge >= 0.3 is 5.97 Å². The maximum atomic E-state index is 11.9. The zero-order chi connectivity index (χ0) is 20.0. The van der Waals surface area contributed by atoms with Crippen LogP contribution in [-0.4, -0.2) is 20.1 Å². The molecule has 0 radical (unpaired) electrons. The van der Waals surface area contributed by atoms with Gasteiger partial charge in [0.25, 0.3) is 0 Å². The number of esters is 1. The largest absolute Gasteiger partial charge is 0.423 e. The molecule has 1 aromatic carbocycles. The van der Waals surface area contributed by atoms with Crippen molar-refractivity contribution >= 4 is 21.7 Å². The van der Waals surface area contributed by atoms with Crippen LogP contribution in [0.15, 0.2) is 36.4 Å². The molecule has 0 saturated carbocycles. The standard InChI is InChI=1S/C21H33NO4S/c1-3-5-7-8-9-10-11-12-13-21(23)26-20-16-14-19(15-17-20)22-27(24,25)18-6-4-2/h12-17,22H,3-11,18H2,1-2H3. The van der Waals surface area contributed by atoms with Crippen LogP contribution in [0.25, 0.3) is 0 Å². The summed E-state index contributed by atoms with van der Waals surface area (Å²) in [4.78, 5) is 11.8. The minimum Gasteiger partial charge on any atom is -0.423 e. The second kappa shape index (κ2) is 13.4. The second-order valence-electron chi connectivity index (χ2n) is 6.68. The Morgan fingerprint density at radius 1 is 0.963 bits per heavy atom. The molecule has 152 valence electrons. The average Bonchev–Trinajstić information content (AvgIpc) is 2.63. The van der Waals surface area contributed by atoms with Gasteiger partial charge in [-0.1, -0.05) is 58.4 Å². The van der Waals surface area contributed by atoms with Crippen LogP contribution < -0.4 is 9.46 Å². The molecular formula is C21H33NO4S. The number of unbranched alkanes of at least 4 members (excludes halogenated alkanes) is 7. The number of carbonyl (C=O) groups excluding carboxylic acids is 1. The lowest BCUT2D eigenvalue weighted by Gasteiger charge is -2.08. The molecule has 0 aliphatic carbocycles. The smallest absolute Gasteiger partial charge is 0.335 e. The van der Waals surface area contributed by atoms with E-state index < -0.39 is 16.0 Å². The molecule has 0 aliphatic rings. The summed E-state index contributed by atoms with van der Waals surface area (Å²) in [6.07, 6.45) is 13.0. The van der Waals surface area contributed by atoms with Gasteiger partial charge < -0.3 is 4.74 Å². The van der Waals surface area contributed by atoms with E-state index in [2.05, 4.69) is 11.6 Å². The first-order valence-electron chi connectivity index (χ1n) is 9.95. The third-order valence-electron chi connectivity index (χ3n) is 4.09. The Kier molecular flexibility index (Phi) is 11.5. The molecule has 0 atom stereocenters. The summed E-state index contributed by atoms with van der Waals surface area (Å²) in [6.45, 7) is 4.15.